The van der Waals surface area contributed by atoms with Crippen molar-refractivity contribution in [3.05, 3.63) is 80.0 Å². The standard InChI is InChI=1S/C21H18ClN3O4/c1-23-17-15(20(26)24(2)21(23)27)16(12-5-7-13(22)8-6-12)25-9-11-29-19(18(17)25)14-4-3-10-28-14/h3-8,10,19H,9,11H2,1-2H3/t19-/m0/s1. The van der Waals surface area contributed by atoms with Gasteiger partial charge >= 0.3 is 5.69 Å². The fourth-order valence-corrected chi connectivity index (χ4v) is 4.27. The molecular weight excluding hydrogens is 394 g/mol. The Kier molecular flexibility index (Phi) is 4.04. The summed E-state index contributed by atoms with van der Waals surface area (Å²) in [5.41, 5.74) is 2.17. The lowest BCUT2D eigenvalue weighted by Crippen LogP contribution is -2.37. The molecule has 0 radical (unpaired) electrons. The average Bonchev–Trinajstić information content (AvgIpc) is 3.37. The normalized spacial score (nSPS) is 16.3. The van der Waals surface area contributed by atoms with Gasteiger partial charge in [-0.25, -0.2) is 4.79 Å². The van der Waals surface area contributed by atoms with E-state index in [1.807, 2.05) is 18.2 Å². The molecule has 0 aliphatic carbocycles. The molecule has 0 amide bonds. The number of halogens is 1. The highest BCUT2D eigenvalue weighted by Gasteiger charge is 2.34. The van der Waals surface area contributed by atoms with Crippen LogP contribution in [0.1, 0.15) is 17.6 Å². The van der Waals surface area contributed by atoms with Gasteiger partial charge in [0.25, 0.3) is 5.56 Å². The number of benzene rings is 1. The average molecular weight is 412 g/mol. The molecule has 0 unspecified atom stereocenters. The van der Waals surface area contributed by atoms with Gasteiger partial charge in [-0.15, -0.1) is 0 Å². The van der Waals surface area contributed by atoms with E-state index in [0.29, 0.717) is 34.8 Å². The number of furan rings is 1. The highest BCUT2D eigenvalue weighted by atomic mass is 35.5. The van der Waals surface area contributed by atoms with Crippen molar-refractivity contribution in [2.24, 2.45) is 14.1 Å². The third-order valence-electron chi connectivity index (χ3n) is 5.47. The van der Waals surface area contributed by atoms with Crippen LogP contribution in [0.2, 0.25) is 5.02 Å². The second-order valence-corrected chi connectivity index (χ2v) is 7.52. The van der Waals surface area contributed by atoms with E-state index in [2.05, 4.69) is 4.57 Å². The Bertz CT molecular complexity index is 1340. The summed E-state index contributed by atoms with van der Waals surface area (Å²) >= 11 is 6.08. The maximum absolute atomic E-state index is 13.2. The summed E-state index contributed by atoms with van der Waals surface area (Å²) in [7, 11) is 3.16. The van der Waals surface area contributed by atoms with Crippen molar-refractivity contribution >= 4 is 22.5 Å². The van der Waals surface area contributed by atoms with E-state index in [0.717, 1.165) is 21.5 Å². The largest absolute Gasteiger partial charge is 0.466 e. The zero-order valence-electron chi connectivity index (χ0n) is 15.9. The predicted octanol–water partition coefficient (Wildman–Crippen LogP) is 3.07. The SMILES string of the molecule is Cn1c(=O)c2c(-c3ccc(Cl)cc3)n3c(c2n(C)c1=O)[C@H](c1ccco1)OCC3. The number of fused-ring (bicyclic) bond motifs is 3. The molecular formula is C21H18ClN3O4. The molecule has 148 valence electrons. The van der Waals surface area contributed by atoms with E-state index >= 15 is 0 Å². The molecule has 0 fully saturated rings. The van der Waals surface area contributed by atoms with Crippen molar-refractivity contribution in [1.29, 1.82) is 0 Å². The van der Waals surface area contributed by atoms with Gasteiger partial charge in [0, 0.05) is 25.7 Å². The zero-order valence-corrected chi connectivity index (χ0v) is 16.6. The first-order valence-corrected chi connectivity index (χ1v) is 9.60. The molecule has 1 aliphatic heterocycles. The Hall–Kier alpha value is -3.03. The van der Waals surface area contributed by atoms with Gasteiger partial charge in [-0.05, 0) is 29.8 Å². The van der Waals surface area contributed by atoms with Gasteiger partial charge in [0.05, 0.1) is 35.2 Å². The first-order chi connectivity index (χ1) is 14.0. The summed E-state index contributed by atoms with van der Waals surface area (Å²) < 4.78 is 16.3. The van der Waals surface area contributed by atoms with Crippen LogP contribution in [0.15, 0.2) is 56.7 Å². The van der Waals surface area contributed by atoms with Gasteiger partial charge in [0.2, 0.25) is 0 Å². The number of nitrogens with zero attached hydrogens (tertiary/aromatic N) is 3. The van der Waals surface area contributed by atoms with Crippen LogP contribution < -0.4 is 11.2 Å². The Morgan fingerprint density at radius 2 is 1.83 bits per heavy atom. The lowest BCUT2D eigenvalue weighted by atomic mass is 10.1. The lowest BCUT2D eigenvalue weighted by Gasteiger charge is -2.26. The monoisotopic (exact) mass is 411 g/mol. The van der Waals surface area contributed by atoms with E-state index in [9.17, 15) is 9.59 Å². The Labute approximate surface area is 170 Å². The van der Waals surface area contributed by atoms with Crippen LogP contribution in [-0.2, 0) is 25.4 Å². The van der Waals surface area contributed by atoms with Gasteiger partial charge in [0.1, 0.15) is 5.76 Å². The maximum Gasteiger partial charge on any atom is 0.331 e. The fraction of sp³-hybridized carbons (Fsp3) is 0.238. The molecule has 0 saturated heterocycles. The van der Waals surface area contributed by atoms with Gasteiger partial charge in [0.15, 0.2) is 6.10 Å². The Morgan fingerprint density at radius 1 is 1.07 bits per heavy atom. The summed E-state index contributed by atoms with van der Waals surface area (Å²) in [6.45, 7) is 1.00. The van der Waals surface area contributed by atoms with Crippen LogP contribution in [0.4, 0.5) is 0 Å². The van der Waals surface area contributed by atoms with Crippen LogP contribution >= 0.6 is 11.6 Å². The third-order valence-corrected chi connectivity index (χ3v) is 5.72. The molecule has 1 aromatic carbocycles. The highest BCUT2D eigenvalue weighted by molar-refractivity contribution is 6.30. The summed E-state index contributed by atoms with van der Waals surface area (Å²) in [6, 6.07) is 11.0. The number of aromatic nitrogens is 3. The fourth-order valence-electron chi connectivity index (χ4n) is 4.14. The van der Waals surface area contributed by atoms with Crippen molar-refractivity contribution in [3.63, 3.8) is 0 Å². The van der Waals surface area contributed by atoms with Crippen LogP contribution in [0.3, 0.4) is 0 Å². The van der Waals surface area contributed by atoms with Crippen molar-refractivity contribution in [2.75, 3.05) is 6.61 Å². The second-order valence-electron chi connectivity index (χ2n) is 7.09. The van der Waals surface area contributed by atoms with Gasteiger partial charge < -0.3 is 13.7 Å². The number of ether oxygens (including phenoxy) is 1. The van der Waals surface area contributed by atoms with E-state index in [1.165, 1.54) is 11.6 Å². The van der Waals surface area contributed by atoms with Crippen molar-refractivity contribution in [2.45, 2.75) is 12.6 Å². The summed E-state index contributed by atoms with van der Waals surface area (Å²) in [6.07, 6.45) is 1.07. The van der Waals surface area contributed by atoms with Gasteiger partial charge in [-0.1, -0.05) is 23.7 Å². The molecule has 1 atom stereocenters. The first kappa shape index (κ1) is 18.0. The van der Waals surface area contributed by atoms with Crippen LogP contribution in [0.25, 0.3) is 22.2 Å². The molecule has 3 aromatic heterocycles. The van der Waals surface area contributed by atoms with Crippen molar-refractivity contribution in [1.82, 2.24) is 13.7 Å². The van der Waals surface area contributed by atoms with E-state index in [-0.39, 0.29) is 11.2 Å². The summed E-state index contributed by atoms with van der Waals surface area (Å²) in [4.78, 5) is 25.9. The third kappa shape index (κ3) is 2.54. The van der Waals surface area contributed by atoms with Crippen LogP contribution in [-0.4, -0.2) is 20.3 Å². The molecule has 1 aliphatic rings. The second kappa shape index (κ2) is 6.50. The molecule has 0 bridgehead atoms. The predicted molar refractivity (Wildman–Crippen MR) is 109 cm³/mol. The number of hydrogen-bond acceptors (Lipinski definition) is 4. The number of aryl methyl sites for hydroxylation is 1. The van der Waals surface area contributed by atoms with Crippen LogP contribution in [0, 0.1) is 0 Å². The van der Waals surface area contributed by atoms with Gasteiger partial charge in [-0.3, -0.25) is 13.9 Å². The molecule has 0 saturated carbocycles. The Morgan fingerprint density at radius 3 is 2.52 bits per heavy atom. The van der Waals surface area contributed by atoms with E-state index in [1.54, 1.807) is 31.5 Å². The number of rotatable bonds is 2. The smallest absolute Gasteiger partial charge is 0.331 e. The van der Waals surface area contributed by atoms with Crippen LogP contribution in [0.5, 0.6) is 0 Å². The molecule has 0 spiro atoms. The molecule has 0 N–H and O–H groups in total. The molecule has 7 nitrogen and oxygen atoms in total. The minimum Gasteiger partial charge on any atom is -0.466 e. The van der Waals surface area contributed by atoms with E-state index in [4.69, 9.17) is 20.8 Å². The number of hydrogen-bond donors (Lipinski definition) is 0. The maximum atomic E-state index is 13.2. The minimum atomic E-state index is -0.514. The summed E-state index contributed by atoms with van der Waals surface area (Å²) in [5, 5.41) is 1.09. The quantitative estimate of drug-likeness (QED) is 0.508. The minimum absolute atomic E-state index is 0.340. The Balaban J connectivity index is 1.97. The highest BCUT2D eigenvalue weighted by Crippen LogP contribution is 2.40. The topological polar surface area (TPSA) is 71.3 Å². The molecule has 5 rings (SSSR count). The molecule has 8 heteroatoms. The van der Waals surface area contributed by atoms with E-state index < -0.39 is 6.10 Å². The first-order valence-electron chi connectivity index (χ1n) is 9.22. The van der Waals surface area contributed by atoms with Crippen molar-refractivity contribution < 1.29 is 9.15 Å². The zero-order chi connectivity index (χ0) is 20.3. The van der Waals surface area contributed by atoms with Gasteiger partial charge in [-0.2, -0.15) is 0 Å². The summed E-state index contributed by atoms with van der Waals surface area (Å²) in [5.74, 6) is 0.626. The molecule has 29 heavy (non-hydrogen) atoms. The van der Waals surface area contributed by atoms with Crippen molar-refractivity contribution in [3.8, 4) is 11.3 Å². The lowest BCUT2D eigenvalue weighted by molar-refractivity contribution is 0.0347. The molecule has 4 heterocycles. The molecule has 4 aromatic rings.